The predicted octanol–water partition coefficient (Wildman–Crippen LogP) is 8.23. The Morgan fingerprint density at radius 1 is 0.917 bits per heavy atom. The van der Waals surface area contributed by atoms with Gasteiger partial charge in [0.25, 0.3) is 0 Å². The van der Waals surface area contributed by atoms with Gasteiger partial charge in [-0.15, -0.1) is 0 Å². The summed E-state index contributed by atoms with van der Waals surface area (Å²) >= 11 is 0. The summed E-state index contributed by atoms with van der Waals surface area (Å²) in [5.74, 6) is 1.94. The maximum absolute atomic E-state index is 4.40. The first-order valence-electron chi connectivity index (χ1n) is 12.8. The highest BCUT2D eigenvalue weighted by Gasteiger charge is 2.06. The summed E-state index contributed by atoms with van der Waals surface area (Å²) in [6.45, 7) is 20.1. The molecule has 0 spiro atoms. The number of nitrogens with zero attached hydrogens (tertiary/aromatic N) is 4. The van der Waals surface area contributed by atoms with Gasteiger partial charge in [-0.1, -0.05) is 65.1 Å². The molecule has 2 aromatic heterocycles. The van der Waals surface area contributed by atoms with E-state index >= 15 is 0 Å². The second kappa shape index (κ2) is 17.7. The normalized spacial score (nSPS) is 10.2. The second-order valence-corrected chi connectivity index (χ2v) is 7.81. The number of hydrogen-bond donors (Lipinski definition) is 1. The van der Waals surface area contributed by atoms with Crippen molar-refractivity contribution < 1.29 is 0 Å². The number of pyridine rings is 2. The fourth-order valence-corrected chi connectivity index (χ4v) is 3.43. The maximum Gasteiger partial charge on any atom is 0.129 e. The highest BCUT2D eigenvalue weighted by molar-refractivity contribution is 5.96. The van der Waals surface area contributed by atoms with Gasteiger partial charge in [0.05, 0.1) is 5.84 Å². The molecule has 0 aliphatic rings. The van der Waals surface area contributed by atoms with Crippen molar-refractivity contribution in [1.82, 2.24) is 9.97 Å². The summed E-state index contributed by atoms with van der Waals surface area (Å²) < 4.78 is 0. The van der Waals surface area contributed by atoms with Crippen LogP contribution in [-0.2, 0) is 0 Å². The molecular formula is C31H43N5. The number of amidine groups is 1. The second-order valence-electron chi connectivity index (χ2n) is 7.81. The lowest BCUT2D eigenvalue weighted by Crippen LogP contribution is -2.25. The van der Waals surface area contributed by atoms with E-state index in [0.717, 1.165) is 65.5 Å². The molecule has 0 saturated heterocycles. The van der Waals surface area contributed by atoms with Crippen LogP contribution in [0, 0.1) is 0 Å². The van der Waals surface area contributed by atoms with Crippen LogP contribution in [0.3, 0.4) is 0 Å². The van der Waals surface area contributed by atoms with Gasteiger partial charge >= 0.3 is 0 Å². The third-order valence-corrected chi connectivity index (χ3v) is 5.25. The number of anilines is 2. The van der Waals surface area contributed by atoms with Gasteiger partial charge < -0.3 is 10.2 Å². The largest absolute Gasteiger partial charge is 0.357 e. The zero-order valence-electron chi connectivity index (χ0n) is 23.0. The van der Waals surface area contributed by atoms with Crippen molar-refractivity contribution in [3.8, 4) is 11.1 Å². The number of nitrogens with one attached hydrogen (secondary N) is 1. The van der Waals surface area contributed by atoms with E-state index in [2.05, 4.69) is 70.4 Å². The zero-order valence-corrected chi connectivity index (χ0v) is 23.0. The number of aliphatic imine (C=N–C) groups is 1. The first-order valence-corrected chi connectivity index (χ1v) is 12.8. The van der Waals surface area contributed by atoms with Gasteiger partial charge in [-0.25, -0.2) is 4.98 Å². The molecule has 0 aliphatic heterocycles. The van der Waals surface area contributed by atoms with Gasteiger partial charge in [0, 0.05) is 44.4 Å². The van der Waals surface area contributed by atoms with Crippen molar-refractivity contribution >= 4 is 29.5 Å². The smallest absolute Gasteiger partial charge is 0.129 e. The summed E-state index contributed by atoms with van der Waals surface area (Å²) in [5, 5.41) is 3.28. The molecule has 1 aromatic carbocycles. The van der Waals surface area contributed by atoms with Crippen LogP contribution in [0.15, 0.2) is 79.2 Å². The molecule has 0 radical (unpaired) electrons. The highest BCUT2D eigenvalue weighted by atomic mass is 15.2. The monoisotopic (exact) mass is 485 g/mol. The van der Waals surface area contributed by atoms with E-state index in [1.54, 1.807) is 19.4 Å². The standard InChI is InChI=1S/C16H17N3.C13H20N2.C2H6/c1-4-13-5-6-15(14-7-9-18-10-8-14)11-16(13)19-12(2)17-3;1-4-9-15(10-5-2)13-11-12(6-3)7-8-14-13;1-2/h4-11H,1H2,2-3H3,(H,17,19);6-8,11H,3-5,9-10H2,1-2H3;1-2H3. The first kappa shape index (κ1) is 30.3. The Balaban J connectivity index is 0.000000346. The third kappa shape index (κ3) is 9.87. The van der Waals surface area contributed by atoms with E-state index in [9.17, 15) is 0 Å². The molecule has 0 aliphatic carbocycles. The minimum atomic E-state index is 0.870. The average molecular weight is 486 g/mol. The number of hydrogen-bond acceptors (Lipinski definition) is 4. The lowest BCUT2D eigenvalue weighted by atomic mass is 10.0. The Hall–Kier alpha value is -3.73. The van der Waals surface area contributed by atoms with Crippen LogP contribution >= 0.6 is 0 Å². The van der Waals surface area contributed by atoms with Crippen molar-refractivity contribution in [2.24, 2.45) is 4.99 Å². The van der Waals surface area contributed by atoms with E-state index < -0.39 is 0 Å². The minimum absolute atomic E-state index is 0.870. The van der Waals surface area contributed by atoms with Gasteiger partial charge in [0.2, 0.25) is 0 Å². The fraction of sp³-hybridized carbons (Fsp3) is 0.323. The van der Waals surface area contributed by atoms with Gasteiger partial charge in [0.15, 0.2) is 0 Å². The van der Waals surface area contributed by atoms with E-state index in [0.29, 0.717) is 0 Å². The van der Waals surface area contributed by atoms with Crippen molar-refractivity contribution in [3.63, 3.8) is 0 Å². The number of benzene rings is 1. The van der Waals surface area contributed by atoms with Crippen LogP contribution < -0.4 is 10.2 Å². The molecule has 5 nitrogen and oxygen atoms in total. The van der Waals surface area contributed by atoms with E-state index in [1.165, 1.54) is 0 Å². The summed E-state index contributed by atoms with van der Waals surface area (Å²) in [5.41, 5.74) is 5.48. The van der Waals surface area contributed by atoms with Crippen LogP contribution in [0.5, 0.6) is 0 Å². The van der Waals surface area contributed by atoms with Crippen molar-refractivity contribution in [1.29, 1.82) is 0 Å². The van der Waals surface area contributed by atoms with E-state index in [-0.39, 0.29) is 0 Å². The van der Waals surface area contributed by atoms with Gasteiger partial charge in [-0.2, -0.15) is 0 Å². The van der Waals surface area contributed by atoms with Crippen molar-refractivity contribution in [2.45, 2.75) is 47.5 Å². The minimum Gasteiger partial charge on any atom is -0.357 e. The lowest BCUT2D eigenvalue weighted by Gasteiger charge is -2.22. The Morgan fingerprint density at radius 3 is 2.14 bits per heavy atom. The fourth-order valence-electron chi connectivity index (χ4n) is 3.43. The van der Waals surface area contributed by atoms with Crippen molar-refractivity contribution in [2.75, 3.05) is 30.4 Å². The predicted molar refractivity (Wildman–Crippen MR) is 161 cm³/mol. The maximum atomic E-state index is 4.40. The molecule has 36 heavy (non-hydrogen) atoms. The summed E-state index contributed by atoms with van der Waals surface area (Å²) in [6, 6.07) is 14.3. The summed E-state index contributed by atoms with van der Waals surface area (Å²) in [4.78, 5) is 14.9. The van der Waals surface area contributed by atoms with Crippen LogP contribution in [-0.4, -0.2) is 35.9 Å². The highest BCUT2D eigenvalue weighted by Crippen LogP contribution is 2.26. The molecule has 3 aromatic rings. The summed E-state index contributed by atoms with van der Waals surface area (Å²) in [6.07, 6.45) is 11.4. The zero-order chi connectivity index (χ0) is 26.8. The molecule has 0 amide bonds. The van der Waals surface area contributed by atoms with Crippen LogP contribution in [0.1, 0.15) is 58.6 Å². The Labute approximate surface area is 218 Å². The molecule has 2 heterocycles. The SMILES string of the molecule is C=Cc1ccc(-c2ccncc2)cc1NC(C)=NC.C=Cc1ccnc(N(CCC)CCC)c1.CC. The molecular weight excluding hydrogens is 442 g/mol. The van der Waals surface area contributed by atoms with E-state index in [4.69, 9.17) is 0 Å². The number of rotatable bonds is 9. The van der Waals surface area contributed by atoms with Gasteiger partial charge in [0.1, 0.15) is 5.82 Å². The van der Waals surface area contributed by atoms with Gasteiger partial charge in [-0.05, 0) is 72.4 Å². The Morgan fingerprint density at radius 2 is 1.58 bits per heavy atom. The lowest BCUT2D eigenvalue weighted by molar-refractivity contribution is 0.734. The van der Waals surface area contributed by atoms with Crippen molar-refractivity contribution in [3.05, 3.63) is 85.3 Å². The molecule has 0 atom stereocenters. The number of aromatic nitrogens is 2. The van der Waals surface area contributed by atoms with Crippen LogP contribution in [0.2, 0.25) is 0 Å². The van der Waals surface area contributed by atoms with Crippen LogP contribution in [0.4, 0.5) is 11.5 Å². The molecule has 0 fully saturated rings. The quantitative estimate of drug-likeness (QED) is 0.245. The third-order valence-electron chi connectivity index (χ3n) is 5.25. The summed E-state index contributed by atoms with van der Waals surface area (Å²) in [7, 11) is 1.77. The molecule has 0 bridgehead atoms. The van der Waals surface area contributed by atoms with E-state index in [1.807, 2.05) is 63.4 Å². The Bertz CT molecular complexity index is 1070. The average Bonchev–Trinajstić information content (AvgIpc) is 2.94. The molecule has 0 saturated carbocycles. The van der Waals surface area contributed by atoms with Crippen LogP contribution in [0.25, 0.3) is 23.3 Å². The topological polar surface area (TPSA) is 53.4 Å². The molecule has 5 heteroatoms. The molecule has 0 unspecified atom stereocenters. The Kier molecular flexibility index (Phi) is 14.9. The first-order chi connectivity index (χ1) is 17.6. The molecule has 192 valence electrons. The molecule has 1 N–H and O–H groups in total. The molecule has 3 rings (SSSR count). The van der Waals surface area contributed by atoms with Gasteiger partial charge in [-0.3, -0.25) is 9.98 Å².